The second kappa shape index (κ2) is 17.0. The average Bonchev–Trinajstić information content (AvgIpc) is 3.15. The molecule has 0 fully saturated rings. The first-order valence-corrected chi connectivity index (χ1v) is 21.1. The van der Waals surface area contributed by atoms with Gasteiger partial charge in [-0.3, -0.25) is 4.72 Å². The van der Waals surface area contributed by atoms with Crippen LogP contribution < -0.4 is 34.0 Å². The third-order valence-electron chi connectivity index (χ3n) is 8.74. The predicted molar refractivity (Wildman–Crippen MR) is 213 cm³/mol. The van der Waals surface area contributed by atoms with Crippen molar-refractivity contribution in [1.82, 2.24) is 9.97 Å². The van der Waals surface area contributed by atoms with Crippen LogP contribution in [0.4, 0.5) is 5.82 Å². The Morgan fingerprint density at radius 2 is 1.28 bits per heavy atom. The molecule has 0 aliphatic heterocycles. The number of aliphatic hydroxyl groups is 1. The van der Waals surface area contributed by atoms with Crippen molar-refractivity contribution in [2.24, 2.45) is 0 Å². The Morgan fingerprint density at radius 1 is 0.704 bits per heavy atom. The molecule has 54 heavy (non-hydrogen) atoms. The lowest BCUT2D eigenvalue weighted by Gasteiger charge is -2.43. The summed E-state index contributed by atoms with van der Waals surface area (Å²) in [6, 6.07) is 33.7. The SMILES string of the molecule is COc1ccccc1Oc1c(NS(=O)(=O)c2ccc(C(C)(C)C)cc2)nc(OCCO[Si](c2ccccc2)(c2ccccc2)C(C)(C)C)nc1OCCO. The molecule has 2 N–H and O–H groups in total. The van der Waals surface area contributed by atoms with Crippen molar-refractivity contribution in [2.75, 3.05) is 38.3 Å². The largest absolute Gasteiger partial charge is 0.493 e. The Balaban J connectivity index is 1.51. The van der Waals surface area contributed by atoms with Crippen LogP contribution in [-0.2, 0) is 19.9 Å². The topological polar surface area (TPSA) is 138 Å². The van der Waals surface area contributed by atoms with Gasteiger partial charge in [0.15, 0.2) is 17.3 Å². The first-order valence-electron chi connectivity index (χ1n) is 17.7. The molecule has 1 heterocycles. The Morgan fingerprint density at radius 3 is 1.81 bits per heavy atom. The number of nitrogens with one attached hydrogen (secondary N) is 1. The number of rotatable bonds is 16. The molecule has 0 bridgehead atoms. The van der Waals surface area contributed by atoms with E-state index in [9.17, 15) is 13.5 Å². The molecule has 286 valence electrons. The van der Waals surface area contributed by atoms with Gasteiger partial charge in [-0.25, -0.2) is 8.42 Å². The molecule has 0 aliphatic carbocycles. The predicted octanol–water partition coefficient (Wildman–Crippen LogP) is 6.70. The zero-order valence-corrected chi connectivity index (χ0v) is 33.6. The van der Waals surface area contributed by atoms with Crippen LogP contribution in [0, 0.1) is 0 Å². The van der Waals surface area contributed by atoms with E-state index in [1.807, 2.05) is 57.2 Å². The van der Waals surface area contributed by atoms with Gasteiger partial charge in [0.1, 0.15) is 13.2 Å². The van der Waals surface area contributed by atoms with Crippen LogP contribution in [0.5, 0.6) is 29.1 Å². The molecule has 0 saturated carbocycles. The number of methoxy groups -OCH3 is 1. The zero-order chi connectivity index (χ0) is 39.0. The van der Waals surface area contributed by atoms with Gasteiger partial charge >= 0.3 is 6.01 Å². The molecule has 0 spiro atoms. The molecule has 5 aromatic rings. The van der Waals surface area contributed by atoms with E-state index >= 15 is 0 Å². The molecule has 0 aliphatic rings. The summed E-state index contributed by atoms with van der Waals surface area (Å²) in [5, 5.41) is 11.6. The van der Waals surface area contributed by atoms with Gasteiger partial charge in [-0.1, -0.05) is 126 Å². The van der Waals surface area contributed by atoms with Gasteiger partial charge in [-0.05, 0) is 50.7 Å². The average molecular weight is 772 g/mol. The van der Waals surface area contributed by atoms with Crippen molar-refractivity contribution in [2.45, 2.75) is 56.9 Å². The van der Waals surface area contributed by atoms with E-state index in [1.165, 1.54) is 19.2 Å². The lowest BCUT2D eigenvalue weighted by atomic mass is 9.87. The minimum Gasteiger partial charge on any atom is -0.493 e. The van der Waals surface area contributed by atoms with Crippen molar-refractivity contribution in [3.63, 3.8) is 0 Å². The quantitative estimate of drug-likeness (QED) is 0.0824. The van der Waals surface area contributed by atoms with Gasteiger partial charge in [-0.15, -0.1) is 0 Å². The highest BCUT2D eigenvalue weighted by Crippen LogP contribution is 2.42. The molecule has 0 atom stereocenters. The summed E-state index contributed by atoms with van der Waals surface area (Å²) < 4.78 is 60.8. The van der Waals surface area contributed by atoms with E-state index in [0.717, 1.165) is 15.9 Å². The van der Waals surface area contributed by atoms with Crippen molar-refractivity contribution in [1.29, 1.82) is 0 Å². The summed E-state index contributed by atoms with van der Waals surface area (Å²) in [4.78, 5) is 8.95. The van der Waals surface area contributed by atoms with E-state index in [2.05, 4.69) is 59.7 Å². The van der Waals surface area contributed by atoms with E-state index < -0.39 is 18.3 Å². The molecule has 0 saturated heterocycles. The van der Waals surface area contributed by atoms with Gasteiger partial charge in [-0.2, -0.15) is 9.97 Å². The second-order valence-electron chi connectivity index (χ2n) is 14.6. The molecule has 4 aromatic carbocycles. The van der Waals surface area contributed by atoms with Crippen LogP contribution in [0.15, 0.2) is 114 Å². The van der Waals surface area contributed by atoms with Gasteiger partial charge in [0.25, 0.3) is 24.2 Å². The van der Waals surface area contributed by atoms with Gasteiger partial charge in [0.05, 0.1) is 25.2 Å². The van der Waals surface area contributed by atoms with Crippen LogP contribution in [0.1, 0.15) is 47.1 Å². The second-order valence-corrected chi connectivity index (χ2v) is 20.5. The molecular weight excluding hydrogens is 723 g/mol. The van der Waals surface area contributed by atoms with Crippen molar-refractivity contribution >= 4 is 34.5 Å². The lowest BCUT2D eigenvalue weighted by molar-refractivity contribution is 0.181. The maximum Gasteiger partial charge on any atom is 0.322 e. The minimum atomic E-state index is -4.21. The van der Waals surface area contributed by atoms with Gasteiger partial charge in [0, 0.05) is 0 Å². The van der Waals surface area contributed by atoms with Crippen molar-refractivity contribution in [3.05, 3.63) is 115 Å². The third-order valence-corrected chi connectivity index (χ3v) is 15.1. The standard InChI is InChI=1S/C41H49N3O8SSi/c1-40(2,3)30-22-24-31(25-23-30)53(46,47)44-37-36(52-35-21-15-14-20-34(35)48-7)38(49-27-26-45)43-39(42-37)50-28-29-51-54(41(4,5)6,32-16-10-8-11-17-32)33-18-12-9-13-19-33/h8-25,45H,26-29H2,1-7H3,(H,42,43,44). The molecule has 0 amide bonds. The zero-order valence-electron chi connectivity index (χ0n) is 31.8. The number of hydrogen-bond donors (Lipinski definition) is 2. The fourth-order valence-corrected chi connectivity index (χ4v) is 11.6. The Hall–Kier alpha value is -4.95. The Kier molecular flexibility index (Phi) is 12.7. The molecule has 0 radical (unpaired) electrons. The fraction of sp³-hybridized carbons (Fsp3) is 0.317. The number of para-hydroxylation sites is 2. The van der Waals surface area contributed by atoms with Crippen LogP contribution in [0.2, 0.25) is 5.04 Å². The number of benzene rings is 4. The summed E-state index contributed by atoms with van der Waals surface area (Å²) in [7, 11) is -5.60. The first kappa shape index (κ1) is 40.2. The third kappa shape index (κ3) is 9.21. The highest BCUT2D eigenvalue weighted by Gasteiger charge is 2.50. The summed E-state index contributed by atoms with van der Waals surface area (Å²) in [5.41, 5.74) is 0.795. The van der Waals surface area contributed by atoms with Crippen molar-refractivity contribution in [3.8, 4) is 29.1 Å². The fourth-order valence-electron chi connectivity index (χ4n) is 6.10. The number of hydrogen-bond acceptors (Lipinski definition) is 10. The molecular formula is C41H49N3O8SSi. The van der Waals surface area contributed by atoms with E-state index in [-0.39, 0.29) is 71.0 Å². The molecule has 13 heteroatoms. The van der Waals surface area contributed by atoms with Crippen LogP contribution in [0.25, 0.3) is 0 Å². The van der Waals surface area contributed by atoms with E-state index in [4.69, 9.17) is 23.4 Å². The summed E-state index contributed by atoms with van der Waals surface area (Å²) in [6.07, 6.45) is 0. The van der Waals surface area contributed by atoms with Crippen LogP contribution in [-0.4, -0.2) is 65.3 Å². The molecule has 1 aromatic heterocycles. The number of ether oxygens (including phenoxy) is 4. The minimum absolute atomic E-state index is 0.0105. The van der Waals surface area contributed by atoms with Crippen molar-refractivity contribution < 1.29 is 36.9 Å². The summed E-state index contributed by atoms with van der Waals surface area (Å²) >= 11 is 0. The van der Waals surface area contributed by atoms with E-state index in [1.54, 1.807) is 36.4 Å². The number of nitrogens with zero attached hydrogens (tertiary/aromatic N) is 2. The van der Waals surface area contributed by atoms with Crippen LogP contribution >= 0.6 is 0 Å². The number of aromatic nitrogens is 2. The Labute approximate surface area is 319 Å². The smallest absolute Gasteiger partial charge is 0.322 e. The van der Waals surface area contributed by atoms with E-state index in [0.29, 0.717) is 5.75 Å². The molecule has 11 nitrogen and oxygen atoms in total. The number of aliphatic hydroxyl groups excluding tert-OH is 1. The highest BCUT2D eigenvalue weighted by molar-refractivity contribution is 7.92. The van der Waals surface area contributed by atoms with Crippen LogP contribution in [0.3, 0.4) is 0 Å². The summed E-state index contributed by atoms with van der Waals surface area (Å²) in [5.74, 6) is 0.0665. The number of sulfonamides is 1. The summed E-state index contributed by atoms with van der Waals surface area (Å²) in [6.45, 7) is 12.4. The normalized spacial score (nSPS) is 12.2. The monoisotopic (exact) mass is 771 g/mol. The first-order chi connectivity index (χ1) is 25.7. The Bertz CT molecular complexity index is 2050. The molecule has 5 rings (SSSR count). The lowest BCUT2D eigenvalue weighted by Crippen LogP contribution is -2.66. The van der Waals surface area contributed by atoms with Gasteiger partial charge < -0.3 is 28.5 Å². The maximum atomic E-state index is 13.9. The maximum absolute atomic E-state index is 13.9. The molecule has 0 unspecified atom stereocenters. The highest BCUT2D eigenvalue weighted by atomic mass is 32.2. The number of anilines is 1. The van der Waals surface area contributed by atoms with Gasteiger partial charge in [0.2, 0.25) is 5.75 Å².